The zero-order chi connectivity index (χ0) is 24.0. The molecule has 1 aliphatic heterocycles. The number of benzene rings is 1. The molecule has 2 N–H and O–H groups in total. The first-order valence-corrected chi connectivity index (χ1v) is 11.4. The Balaban J connectivity index is 1.39. The summed E-state index contributed by atoms with van der Waals surface area (Å²) in [6.07, 6.45) is 6.56. The van der Waals surface area contributed by atoms with Gasteiger partial charge < -0.3 is 20.3 Å². The predicted octanol–water partition coefficient (Wildman–Crippen LogP) is 3.47. The van der Waals surface area contributed by atoms with Crippen LogP contribution in [0.1, 0.15) is 5.56 Å². The van der Waals surface area contributed by atoms with Crippen LogP contribution in [0.25, 0.3) is 22.2 Å². The van der Waals surface area contributed by atoms with Crippen LogP contribution >= 0.6 is 0 Å². The highest BCUT2D eigenvalue weighted by molar-refractivity contribution is 5.91. The Labute approximate surface area is 202 Å². The fraction of sp³-hybridized carbons (Fsp3) is 0.192. The molecule has 9 nitrogen and oxygen atoms in total. The summed E-state index contributed by atoms with van der Waals surface area (Å²) in [6.45, 7) is 7.00. The van der Waals surface area contributed by atoms with Crippen molar-refractivity contribution in [3.05, 3.63) is 79.3 Å². The van der Waals surface area contributed by atoms with Crippen molar-refractivity contribution in [1.82, 2.24) is 25.3 Å². The Bertz CT molecular complexity index is 1350. The fourth-order valence-corrected chi connectivity index (χ4v) is 3.89. The van der Waals surface area contributed by atoms with Gasteiger partial charge in [-0.05, 0) is 35.9 Å². The number of anilines is 3. The largest absolute Gasteiger partial charge is 0.378 e. The third-order valence-corrected chi connectivity index (χ3v) is 5.69. The monoisotopic (exact) mass is 467 g/mol. The van der Waals surface area contributed by atoms with Crippen LogP contribution in [0.15, 0.2) is 73.7 Å². The van der Waals surface area contributed by atoms with Crippen molar-refractivity contribution in [2.75, 3.05) is 36.5 Å². The second-order valence-corrected chi connectivity index (χ2v) is 8.04. The summed E-state index contributed by atoms with van der Waals surface area (Å²) in [5, 5.41) is 6.92. The SMILES string of the molecule is C=CC(=O)NCc1cccc(-c2nccc3cnc(Nc4ccc(N5CCOCC5)nc4)nc23)c1. The first kappa shape index (κ1) is 22.4. The first-order chi connectivity index (χ1) is 17.2. The average Bonchev–Trinajstić information content (AvgIpc) is 2.92. The van der Waals surface area contributed by atoms with Crippen molar-refractivity contribution >= 4 is 34.3 Å². The van der Waals surface area contributed by atoms with Crippen LogP contribution < -0.4 is 15.5 Å². The Hall–Kier alpha value is -4.37. The number of aromatic nitrogens is 4. The molecule has 1 fully saturated rings. The maximum atomic E-state index is 11.5. The van der Waals surface area contributed by atoms with Crippen molar-refractivity contribution in [3.8, 4) is 11.3 Å². The molecule has 1 amide bonds. The second-order valence-electron chi connectivity index (χ2n) is 8.04. The molecule has 9 heteroatoms. The summed E-state index contributed by atoms with van der Waals surface area (Å²) in [5.41, 5.74) is 4.13. The Morgan fingerprint density at radius 1 is 1.09 bits per heavy atom. The van der Waals surface area contributed by atoms with Gasteiger partial charge in [-0.3, -0.25) is 9.78 Å². The van der Waals surface area contributed by atoms with Crippen molar-refractivity contribution in [2.45, 2.75) is 6.54 Å². The van der Waals surface area contributed by atoms with E-state index in [0.717, 1.165) is 65.5 Å². The van der Waals surface area contributed by atoms with E-state index in [-0.39, 0.29) is 5.91 Å². The highest BCUT2D eigenvalue weighted by Gasteiger charge is 2.13. The molecular weight excluding hydrogens is 442 g/mol. The second kappa shape index (κ2) is 10.3. The standard InChI is InChI=1S/C26H25N7O2/c1-2-23(34)29-15-18-4-3-5-19(14-18)24-25-20(8-9-27-24)16-30-26(32-25)31-21-6-7-22(28-17-21)33-10-12-35-13-11-33/h2-9,14,16-17H,1,10-13,15H2,(H,29,34)(H,30,31,32). The molecule has 1 aliphatic rings. The molecule has 0 radical (unpaired) electrons. The highest BCUT2D eigenvalue weighted by Crippen LogP contribution is 2.27. The molecule has 0 bridgehead atoms. The number of rotatable bonds is 7. The Morgan fingerprint density at radius 3 is 2.77 bits per heavy atom. The van der Waals surface area contributed by atoms with Crippen LogP contribution in [0.3, 0.4) is 0 Å². The molecule has 35 heavy (non-hydrogen) atoms. The minimum atomic E-state index is -0.213. The van der Waals surface area contributed by atoms with E-state index in [9.17, 15) is 4.79 Å². The molecule has 0 saturated carbocycles. The van der Waals surface area contributed by atoms with Gasteiger partial charge in [0.15, 0.2) is 0 Å². The molecule has 0 aliphatic carbocycles. The summed E-state index contributed by atoms with van der Waals surface area (Å²) >= 11 is 0. The van der Waals surface area contributed by atoms with E-state index in [2.05, 4.69) is 37.1 Å². The zero-order valence-corrected chi connectivity index (χ0v) is 19.1. The van der Waals surface area contributed by atoms with E-state index in [4.69, 9.17) is 9.72 Å². The lowest BCUT2D eigenvalue weighted by Gasteiger charge is -2.27. The molecule has 3 aromatic heterocycles. The molecule has 0 spiro atoms. The summed E-state index contributed by atoms with van der Waals surface area (Å²) in [7, 11) is 0. The smallest absolute Gasteiger partial charge is 0.243 e. The number of morpholine rings is 1. The van der Waals surface area contributed by atoms with E-state index in [1.165, 1.54) is 6.08 Å². The number of nitrogens with zero attached hydrogens (tertiary/aromatic N) is 5. The minimum Gasteiger partial charge on any atom is -0.378 e. The van der Waals surface area contributed by atoms with Gasteiger partial charge in [-0.25, -0.2) is 15.0 Å². The number of carbonyl (C=O) groups is 1. The number of amides is 1. The molecule has 1 aromatic carbocycles. The van der Waals surface area contributed by atoms with Gasteiger partial charge in [0, 0.05) is 43.0 Å². The maximum absolute atomic E-state index is 11.5. The van der Waals surface area contributed by atoms with Crippen LogP contribution in [0.4, 0.5) is 17.5 Å². The number of pyridine rings is 2. The zero-order valence-electron chi connectivity index (χ0n) is 19.1. The lowest BCUT2D eigenvalue weighted by Crippen LogP contribution is -2.36. The first-order valence-electron chi connectivity index (χ1n) is 11.4. The molecule has 0 atom stereocenters. The highest BCUT2D eigenvalue weighted by atomic mass is 16.5. The van der Waals surface area contributed by atoms with Gasteiger partial charge in [0.05, 0.1) is 30.8 Å². The van der Waals surface area contributed by atoms with Gasteiger partial charge in [0.25, 0.3) is 0 Å². The fourth-order valence-electron chi connectivity index (χ4n) is 3.89. The number of nitrogens with one attached hydrogen (secondary N) is 2. The third kappa shape index (κ3) is 5.25. The molecule has 1 saturated heterocycles. The van der Waals surface area contributed by atoms with Crippen molar-refractivity contribution in [3.63, 3.8) is 0 Å². The number of fused-ring (bicyclic) bond motifs is 1. The lowest BCUT2D eigenvalue weighted by molar-refractivity contribution is -0.116. The Kier molecular flexibility index (Phi) is 6.58. The number of hydrogen-bond donors (Lipinski definition) is 2. The molecular formula is C26H25N7O2. The van der Waals surface area contributed by atoms with Crippen LogP contribution in [-0.4, -0.2) is 52.1 Å². The van der Waals surface area contributed by atoms with E-state index in [0.29, 0.717) is 12.5 Å². The van der Waals surface area contributed by atoms with E-state index >= 15 is 0 Å². The predicted molar refractivity (Wildman–Crippen MR) is 135 cm³/mol. The van der Waals surface area contributed by atoms with E-state index in [1.807, 2.05) is 42.5 Å². The molecule has 4 heterocycles. The number of hydrogen-bond acceptors (Lipinski definition) is 8. The molecule has 4 aromatic rings. The number of ether oxygens (including phenoxy) is 1. The molecule has 5 rings (SSSR count). The van der Waals surface area contributed by atoms with Crippen LogP contribution in [0.2, 0.25) is 0 Å². The average molecular weight is 468 g/mol. The lowest BCUT2D eigenvalue weighted by atomic mass is 10.1. The normalized spacial score (nSPS) is 13.4. The minimum absolute atomic E-state index is 0.213. The van der Waals surface area contributed by atoms with Gasteiger partial charge in [0.1, 0.15) is 11.3 Å². The van der Waals surface area contributed by atoms with E-state index in [1.54, 1.807) is 18.6 Å². The number of carbonyl (C=O) groups excluding carboxylic acids is 1. The van der Waals surface area contributed by atoms with Gasteiger partial charge in [-0.2, -0.15) is 0 Å². The van der Waals surface area contributed by atoms with E-state index < -0.39 is 0 Å². The third-order valence-electron chi connectivity index (χ3n) is 5.69. The quantitative estimate of drug-likeness (QED) is 0.398. The van der Waals surface area contributed by atoms with Gasteiger partial charge in [0.2, 0.25) is 11.9 Å². The Morgan fingerprint density at radius 2 is 1.97 bits per heavy atom. The maximum Gasteiger partial charge on any atom is 0.243 e. The van der Waals surface area contributed by atoms with Gasteiger partial charge in [-0.1, -0.05) is 24.8 Å². The van der Waals surface area contributed by atoms with Crippen LogP contribution in [0, 0.1) is 0 Å². The van der Waals surface area contributed by atoms with Crippen LogP contribution in [-0.2, 0) is 16.1 Å². The summed E-state index contributed by atoms with van der Waals surface area (Å²) < 4.78 is 5.41. The summed E-state index contributed by atoms with van der Waals surface area (Å²) in [6, 6.07) is 13.7. The van der Waals surface area contributed by atoms with Crippen molar-refractivity contribution in [1.29, 1.82) is 0 Å². The van der Waals surface area contributed by atoms with Crippen molar-refractivity contribution in [2.24, 2.45) is 0 Å². The van der Waals surface area contributed by atoms with Crippen LogP contribution in [0.5, 0.6) is 0 Å². The molecule has 0 unspecified atom stereocenters. The summed E-state index contributed by atoms with van der Waals surface area (Å²) in [5.74, 6) is 1.17. The topological polar surface area (TPSA) is 105 Å². The molecule has 176 valence electrons. The summed E-state index contributed by atoms with van der Waals surface area (Å²) in [4.78, 5) is 32.1. The van der Waals surface area contributed by atoms with Crippen molar-refractivity contribution < 1.29 is 9.53 Å². The van der Waals surface area contributed by atoms with Gasteiger partial charge in [-0.15, -0.1) is 0 Å². The van der Waals surface area contributed by atoms with Gasteiger partial charge >= 0.3 is 0 Å².